The minimum Gasteiger partial charge on any atom is -0.353 e. The molecule has 4 heterocycles. The zero-order valence-corrected chi connectivity index (χ0v) is 16.3. The molecule has 6 heteroatoms. The molecule has 6 nitrogen and oxygen atoms in total. The predicted octanol–water partition coefficient (Wildman–Crippen LogP) is 3.62. The quantitative estimate of drug-likeness (QED) is 0.724. The number of aromatic amines is 1. The molecular formula is C21H28N6. The van der Waals surface area contributed by atoms with Gasteiger partial charge >= 0.3 is 0 Å². The molecule has 0 spiro atoms. The van der Waals surface area contributed by atoms with E-state index in [-0.39, 0.29) is 0 Å². The number of nitrogens with zero attached hydrogens (tertiary/aromatic N) is 4. The lowest BCUT2D eigenvalue weighted by atomic mass is 9.99. The summed E-state index contributed by atoms with van der Waals surface area (Å²) in [7, 11) is 0. The minimum atomic E-state index is 0.505. The fraction of sp³-hybridized carbons (Fsp3) is 0.476. The standard InChI is InChI=1S/C21H28N6/c1-4-15-12-27(13-16(23-15)11-14(2)3)19-9-5-8-18(24-19)20-17-7-6-10-22-21(17)26-25-20/h5-10,14-16,23H,4,11-13H2,1-3H3,(H,22,25,26)/t15-,16-/m0/s1. The molecule has 2 N–H and O–H groups in total. The number of aromatic nitrogens is 4. The van der Waals surface area contributed by atoms with E-state index in [1.54, 1.807) is 6.20 Å². The summed E-state index contributed by atoms with van der Waals surface area (Å²) >= 11 is 0. The van der Waals surface area contributed by atoms with Crippen molar-refractivity contribution in [2.75, 3.05) is 18.0 Å². The molecule has 0 bridgehead atoms. The van der Waals surface area contributed by atoms with Crippen LogP contribution in [0, 0.1) is 5.92 Å². The van der Waals surface area contributed by atoms with Gasteiger partial charge in [0.15, 0.2) is 5.65 Å². The van der Waals surface area contributed by atoms with Crippen molar-refractivity contribution in [1.82, 2.24) is 25.5 Å². The first-order chi connectivity index (χ1) is 13.1. The van der Waals surface area contributed by atoms with Crippen molar-refractivity contribution < 1.29 is 0 Å². The average molecular weight is 364 g/mol. The zero-order valence-electron chi connectivity index (χ0n) is 16.3. The molecule has 0 aliphatic carbocycles. The Labute approximate surface area is 160 Å². The molecular weight excluding hydrogens is 336 g/mol. The maximum atomic E-state index is 4.97. The minimum absolute atomic E-state index is 0.505. The van der Waals surface area contributed by atoms with E-state index in [0.717, 1.165) is 47.7 Å². The van der Waals surface area contributed by atoms with E-state index in [2.05, 4.69) is 58.3 Å². The topological polar surface area (TPSA) is 69.7 Å². The first-order valence-corrected chi connectivity index (χ1v) is 9.91. The van der Waals surface area contributed by atoms with Crippen LogP contribution in [0.5, 0.6) is 0 Å². The number of anilines is 1. The van der Waals surface area contributed by atoms with Crippen molar-refractivity contribution in [3.8, 4) is 11.4 Å². The Kier molecular flexibility index (Phi) is 5.07. The van der Waals surface area contributed by atoms with Crippen LogP contribution in [0.3, 0.4) is 0 Å². The van der Waals surface area contributed by atoms with Crippen LogP contribution in [0.2, 0.25) is 0 Å². The van der Waals surface area contributed by atoms with E-state index in [9.17, 15) is 0 Å². The van der Waals surface area contributed by atoms with Crippen LogP contribution in [0.25, 0.3) is 22.4 Å². The van der Waals surface area contributed by atoms with Crippen molar-refractivity contribution in [2.45, 2.75) is 45.7 Å². The van der Waals surface area contributed by atoms with Crippen LogP contribution in [0.1, 0.15) is 33.6 Å². The number of nitrogens with one attached hydrogen (secondary N) is 2. The molecule has 142 valence electrons. The van der Waals surface area contributed by atoms with Gasteiger partial charge in [-0.2, -0.15) is 5.10 Å². The van der Waals surface area contributed by atoms with Gasteiger partial charge in [-0.15, -0.1) is 0 Å². The van der Waals surface area contributed by atoms with Crippen LogP contribution < -0.4 is 10.2 Å². The number of pyridine rings is 2. The summed E-state index contributed by atoms with van der Waals surface area (Å²) in [4.78, 5) is 11.7. The molecule has 3 aromatic heterocycles. The lowest BCUT2D eigenvalue weighted by Gasteiger charge is -2.40. The van der Waals surface area contributed by atoms with Gasteiger partial charge in [-0.3, -0.25) is 5.10 Å². The molecule has 0 aromatic carbocycles. The van der Waals surface area contributed by atoms with Crippen molar-refractivity contribution >= 4 is 16.9 Å². The summed E-state index contributed by atoms with van der Waals surface area (Å²) in [5.41, 5.74) is 2.57. The summed E-state index contributed by atoms with van der Waals surface area (Å²) in [6.07, 6.45) is 4.07. The van der Waals surface area contributed by atoms with Crippen LogP contribution in [-0.2, 0) is 0 Å². The number of fused-ring (bicyclic) bond motifs is 1. The Morgan fingerprint density at radius 3 is 2.81 bits per heavy atom. The molecule has 2 atom stereocenters. The second kappa shape index (κ2) is 7.64. The Morgan fingerprint density at radius 2 is 2.00 bits per heavy atom. The van der Waals surface area contributed by atoms with Gasteiger partial charge in [-0.25, -0.2) is 9.97 Å². The number of hydrogen-bond acceptors (Lipinski definition) is 5. The highest BCUT2D eigenvalue weighted by Gasteiger charge is 2.27. The summed E-state index contributed by atoms with van der Waals surface area (Å²) in [5, 5.41) is 12.2. The Balaban J connectivity index is 1.63. The molecule has 0 radical (unpaired) electrons. The molecule has 1 aliphatic rings. The Morgan fingerprint density at radius 1 is 1.15 bits per heavy atom. The number of rotatable bonds is 5. The van der Waals surface area contributed by atoms with Gasteiger partial charge in [-0.05, 0) is 43.0 Å². The van der Waals surface area contributed by atoms with Gasteiger partial charge < -0.3 is 10.2 Å². The fourth-order valence-corrected chi connectivity index (χ4v) is 3.98. The first-order valence-electron chi connectivity index (χ1n) is 9.91. The van der Waals surface area contributed by atoms with Gasteiger partial charge in [0.05, 0.1) is 11.4 Å². The van der Waals surface area contributed by atoms with E-state index >= 15 is 0 Å². The van der Waals surface area contributed by atoms with Crippen molar-refractivity contribution in [3.63, 3.8) is 0 Å². The molecule has 1 aliphatic heterocycles. The highest BCUT2D eigenvalue weighted by atomic mass is 15.3. The lowest BCUT2D eigenvalue weighted by Crippen LogP contribution is -2.57. The number of H-pyrrole nitrogens is 1. The predicted molar refractivity (Wildman–Crippen MR) is 110 cm³/mol. The monoisotopic (exact) mass is 364 g/mol. The normalized spacial score (nSPS) is 20.5. The number of hydrogen-bond donors (Lipinski definition) is 2. The fourth-order valence-electron chi connectivity index (χ4n) is 3.98. The SMILES string of the molecule is CC[C@H]1CN(c2cccc(-c3[nH]nc4ncccc34)n2)C[C@H](CC(C)C)N1. The molecule has 0 amide bonds. The van der Waals surface area contributed by atoms with Crippen molar-refractivity contribution in [2.24, 2.45) is 5.92 Å². The largest absolute Gasteiger partial charge is 0.353 e. The maximum absolute atomic E-state index is 4.97. The Bertz CT molecular complexity index is 902. The molecule has 3 aromatic rings. The van der Waals surface area contributed by atoms with E-state index in [0.29, 0.717) is 18.0 Å². The van der Waals surface area contributed by atoms with Gasteiger partial charge in [0.1, 0.15) is 5.82 Å². The van der Waals surface area contributed by atoms with Gasteiger partial charge in [0.2, 0.25) is 0 Å². The maximum Gasteiger partial charge on any atom is 0.181 e. The van der Waals surface area contributed by atoms with Crippen LogP contribution >= 0.6 is 0 Å². The van der Waals surface area contributed by atoms with Crippen LogP contribution in [0.15, 0.2) is 36.5 Å². The zero-order chi connectivity index (χ0) is 18.8. The summed E-state index contributed by atoms with van der Waals surface area (Å²) < 4.78 is 0. The van der Waals surface area contributed by atoms with Crippen molar-refractivity contribution in [3.05, 3.63) is 36.5 Å². The summed E-state index contributed by atoms with van der Waals surface area (Å²) in [5.74, 6) is 1.72. The molecule has 27 heavy (non-hydrogen) atoms. The van der Waals surface area contributed by atoms with Crippen LogP contribution in [0.4, 0.5) is 5.82 Å². The van der Waals surface area contributed by atoms with Gasteiger partial charge in [-0.1, -0.05) is 26.8 Å². The second-order valence-electron chi connectivity index (χ2n) is 7.86. The lowest BCUT2D eigenvalue weighted by molar-refractivity contribution is 0.323. The second-order valence-corrected chi connectivity index (χ2v) is 7.86. The van der Waals surface area contributed by atoms with Gasteiger partial charge in [0, 0.05) is 36.8 Å². The van der Waals surface area contributed by atoms with Gasteiger partial charge in [0.25, 0.3) is 0 Å². The summed E-state index contributed by atoms with van der Waals surface area (Å²) in [6.45, 7) is 8.82. The molecule has 0 unspecified atom stereocenters. The number of piperazine rings is 1. The molecule has 1 fully saturated rings. The van der Waals surface area contributed by atoms with Crippen LogP contribution in [-0.4, -0.2) is 45.3 Å². The third-order valence-electron chi connectivity index (χ3n) is 5.25. The van der Waals surface area contributed by atoms with E-state index < -0.39 is 0 Å². The summed E-state index contributed by atoms with van der Waals surface area (Å²) in [6, 6.07) is 11.2. The Hall–Kier alpha value is -2.47. The highest BCUT2D eigenvalue weighted by Crippen LogP contribution is 2.26. The molecule has 0 saturated carbocycles. The first kappa shape index (κ1) is 17.9. The molecule has 1 saturated heterocycles. The average Bonchev–Trinajstić information content (AvgIpc) is 3.11. The van der Waals surface area contributed by atoms with E-state index in [1.165, 1.54) is 6.42 Å². The van der Waals surface area contributed by atoms with Crippen molar-refractivity contribution in [1.29, 1.82) is 0 Å². The third-order valence-corrected chi connectivity index (χ3v) is 5.25. The van der Waals surface area contributed by atoms with E-state index in [4.69, 9.17) is 4.98 Å². The third kappa shape index (κ3) is 3.81. The molecule has 4 rings (SSSR count). The highest BCUT2D eigenvalue weighted by molar-refractivity contribution is 5.89. The smallest absolute Gasteiger partial charge is 0.181 e. The van der Waals surface area contributed by atoms with E-state index in [1.807, 2.05) is 18.2 Å².